The van der Waals surface area contributed by atoms with Crippen LogP contribution in [0.3, 0.4) is 0 Å². The summed E-state index contributed by atoms with van der Waals surface area (Å²) in [5.41, 5.74) is 1.07. The topological polar surface area (TPSA) is 0 Å². The van der Waals surface area contributed by atoms with E-state index in [1.165, 1.54) is 0 Å². The summed E-state index contributed by atoms with van der Waals surface area (Å²) < 4.78 is 0. The molecule has 0 fully saturated rings. The van der Waals surface area contributed by atoms with Crippen molar-refractivity contribution in [3.05, 3.63) is 42.8 Å². The number of rotatable bonds is 0. The van der Waals surface area contributed by atoms with Crippen LogP contribution in [-0.2, 0) is 65.4 Å². The van der Waals surface area contributed by atoms with Gasteiger partial charge in [0.2, 0.25) is 0 Å². The maximum atomic E-state index is 3.72. The molecule has 0 saturated heterocycles. The van der Waals surface area contributed by atoms with Crippen molar-refractivity contribution >= 4 is 0 Å². The van der Waals surface area contributed by atoms with Gasteiger partial charge >= 0.3 is 0 Å². The minimum absolute atomic E-state index is 0. The van der Waals surface area contributed by atoms with Crippen LogP contribution in [0.4, 0.5) is 0 Å². The molecule has 1 rings (SSSR count). The minimum Gasteiger partial charge on any atom is -0.199 e. The summed E-state index contributed by atoms with van der Waals surface area (Å²) in [5.74, 6) is 0. The summed E-state index contributed by atoms with van der Waals surface area (Å²) >= 11 is 0. The molecule has 0 aliphatic heterocycles. The number of hydrogen-bond acceptors (Lipinski definition) is 0. The first-order valence-electron chi connectivity index (χ1n) is 2.26. The van der Waals surface area contributed by atoms with Crippen molar-refractivity contribution in [3.63, 3.8) is 0 Å². The molecule has 9 heavy (non-hydrogen) atoms. The monoisotopic (exact) mass is 269 g/mol. The van der Waals surface area contributed by atoms with Crippen LogP contribution in [0, 0.1) is 6.92 Å². The zero-order valence-electron chi connectivity index (χ0n) is 5.25. The van der Waals surface area contributed by atoms with E-state index >= 15 is 0 Å². The van der Waals surface area contributed by atoms with Crippen molar-refractivity contribution < 1.29 is 65.4 Å². The van der Waals surface area contributed by atoms with Gasteiger partial charge in [-0.25, -0.2) is 0 Å². The van der Waals surface area contributed by atoms with E-state index in [0.29, 0.717) is 0 Å². The second-order valence-corrected chi connectivity index (χ2v) is 1.49. The SMILES string of the molecule is [CH2-]c1ccccc1.[Y].[Y]. The first-order valence-corrected chi connectivity index (χ1v) is 2.26. The third-order valence-corrected chi connectivity index (χ3v) is 0.843. The van der Waals surface area contributed by atoms with E-state index in [4.69, 9.17) is 0 Å². The Labute approximate surface area is 107 Å². The molecule has 0 heterocycles. The summed E-state index contributed by atoms with van der Waals surface area (Å²) in [4.78, 5) is 0. The van der Waals surface area contributed by atoms with Crippen LogP contribution in [0.15, 0.2) is 30.3 Å². The molecule has 0 atom stereocenters. The Kier molecular flexibility index (Phi) is 10.6. The predicted octanol–water partition coefficient (Wildman–Crippen LogP) is 1.86. The maximum absolute atomic E-state index is 3.72. The molecule has 0 amide bonds. The van der Waals surface area contributed by atoms with Gasteiger partial charge in [-0.2, -0.15) is 24.6 Å². The summed E-state index contributed by atoms with van der Waals surface area (Å²) in [6.07, 6.45) is 0. The molecule has 1 aromatic rings. The fraction of sp³-hybridized carbons (Fsp3) is 0. The zero-order valence-corrected chi connectivity index (χ0v) is 10.9. The zero-order chi connectivity index (χ0) is 5.11. The Hall–Kier alpha value is 1.30. The Morgan fingerprint density at radius 3 is 1.56 bits per heavy atom. The van der Waals surface area contributed by atoms with E-state index in [2.05, 4.69) is 6.92 Å². The predicted molar refractivity (Wildman–Crippen MR) is 30.9 cm³/mol. The van der Waals surface area contributed by atoms with Gasteiger partial charge < -0.3 is 0 Å². The standard InChI is InChI=1S/C7H7.2Y/c1-7-5-3-2-4-6-7;;/h2-6H,1H2;;/q-1;;. The summed E-state index contributed by atoms with van der Waals surface area (Å²) in [6.45, 7) is 3.72. The molecule has 0 nitrogen and oxygen atoms in total. The van der Waals surface area contributed by atoms with E-state index in [1.807, 2.05) is 30.3 Å². The second-order valence-electron chi connectivity index (χ2n) is 1.49. The van der Waals surface area contributed by atoms with Crippen LogP contribution in [0.1, 0.15) is 5.56 Å². The molecular weight excluding hydrogens is 262 g/mol. The average Bonchev–Trinajstić information content (AvgIpc) is 1.69. The quantitative estimate of drug-likeness (QED) is 0.631. The van der Waals surface area contributed by atoms with Crippen LogP contribution in [0.25, 0.3) is 0 Å². The Bertz CT molecular complexity index is 137. The molecule has 0 spiro atoms. The molecule has 42 valence electrons. The summed E-state index contributed by atoms with van der Waals surface area (Å²) in [5, 5.41) is 0. The third-order valence-electron chi connectivity index (χ3n) is 0.843. The van der Waals surface area contributed by atoms with E-state index in [9.17, 15) is 0 Å². The normalized spacial score (nSPS) is 6.67. The fourth-order valence-electron chi connectivity index (χ4n) is 0.478. The van der Waals surface area contributed by atoms with Crippen molar-refractivity contribution in [2.45, 2.75) is 0 Å². The minimum atomic E-state index is 0. The molecule has 0 aliphatic rings. The largest absolute Gasteiger partial charge is 0.199 e. The van der Waals surface area contributed by atoms with Crippen molar-refractivity contribution in [1.29, 1.82) is 0 Å². The molecule has 0 aromatic heterocycles. The molecule has 0 aliphatic carbocycles. The van der Waals surface area contributed by atoms with Gasteiger partial charge in [0.15, 0.2) is 0 Å². The van der Waals surface area contributed by atoms with Crippen LogP contribution in [0.5, 0.6) is 0 Å². The van der Waals surface area contributed by atoms with Crippen molar-refractivity contribution in [2.75, 3.05) is 0 Å². The first kappa shape index (κ1) is 12.9. The molecule has 2 radical (unpaired) electrons. The number of hydrogen-bond donors (Lipinski definition) is 0. The van der Waals surface area contributed by atoms with E-state index in [0.717, 1.165) is 5.56 Å². The van der Waals surface area contributed by atoms with Gasteiger partial charge in [-0.15, -0.1) is 12.1 Å². The van der Waals surface area contributed by atoms with Crippen molar-refractivity contribution in [2.24, 2.45) is 0 Å². The van der Waals surface area contributed by atoms with Gasteiger partial charge in [0, 0.05) is 65.4 Å². The molecule has 1 aromatic carbocycles. The van der Waals surface area contributed by atoms with Crippen LogP contribution in [-0.4, -0.2) is 0 Å². The van der Waals surface area contributed by atoms with Gasteiger partial charge in [-0.05, 0) is 0 Å². The molecule has 0 N–H and O–H groups in total. The van der Waals surface area contributed by atoms with Crippen LogP contribution < -0.4 is 0 Å². The fourth-order valence-corrected chi connectivity index (χ4v) is 0.478. The maximum Gasteiger partial charge on any atom is 0 e. The third kappa shape index (κ3) is 5.73. The van der Waals surface area contributed by atoms with Gasteiger partial charge in [0.25, 0.3) is 0 Å². The number of benzene rings is 1. The van der Waals surface area contributed by atoms with E-state index in [1.54, 1.807) is 0 Å². The molecular formula is C7H7Y2-. The van der Waals surface area contributed by atoms with E-state index < -0.39 is 0 Å². The Balaban J connectivity index is 0. The Morgan fingerprint density at radius 1 is 0.889 bits per heavy atom. The van der Waals surface area contributed by atoms with Crippen LogP contribution in [0.2, 0.25) is 0 Å². The average molecular weight is 269 g/mol. The van der Waals surface area contributed by atoms with E-state index in [-0.39, 0.29) is 65.4 Å². The smallest absolute Gasteiger partial charge is 0 e. The van der Waals surface area contributed by atoms with Gasteiger partial charge in [-0.3, -0.25) is 0 Å². The Morgan fingerprint density at radius 2 is 1.33 bits per heavy atom. The van der Waals surface area contributed by atoms with Gasteiger partial charge in [-0.1, -0.05) is 6.07 Å². The molecule has 0 saturated carbocycles. The van der Waals surface area contributed by atoms with Crippen LogP contribution >= 0.6 is 0 Å². The second kappa shape index (κ2) is 7.41. The van der Waals surface area contributed by atoms with Gasteiger partial charge in [0.05, 0.1) is 0 Å². The molecule has 0 bridgehead atoms. The van der Waals surface area contributed by atoms with Crippen molar-refractivity contribution in [3.8, 4) is 0 Å². The first-order chi connectivity index (χ1) is 3.39. The molecule has 0 unspecified atom stereocenters. The summed E-state index contributed by atoms with van der Waals surface area (Å²) in [7, 11) is 0. The summed E-state index contributed by atoms with van der Waals surface area (Å²) in [6, 6.07) is 9.87. The van der Waals surface area contributed by atoms with Gasteiger partial charge in [0.1, 0.15) is 0 Å². The van der Waals surface area contributed by atoms with Crippen molar-refractivity contribution in [1.82, 2.24) is 0 Å². The molecule has 2 heteroatoms.